The minimum Gasteiger partial charge on any atom is -0.352 e. The summed E-state index contributed by atoms with van der Waals surface area (Å²) >= 11 is 12.0. The van der Waals surface area contributed by atoms with E-state index in [0.29, 0.717) is 16.6 Å². The fourth-order valence-electron chi connectivity index (χ4n) is 2.89. The largest absolute Gasteiger partial charge is 0.352 e. The standard InChI is InChI=1S/C20H21Cl2NO2/c1-13-7-14(2)9-15(8-13)12-23-20(25)11-17(5-6-24)16-3-4-18(21)19(22)10-16/h3-4,6-10,17H,5,11-12H2,1-2H3,(H,23,25). The van der Waals surface area contributed by atoms with Crippen LogP contribution in [0.15, 0.2) is 36.4 Å². The first-order chi connectivity index (χ1) is 11.9. The van der Waals surface area contributed by atoms with Crippen LogP contribution >= 0.6 is 23.2 Å². The zero-order valence-corrected chi connectivity index (χ0v) is 15.8. The molecule has 132 valence electrons. The number of nitrogens with one attached hydrogen (secondary N) is 1. The molecule has 2 aromatic carbocycles. The highest BCUT2D eigenvalue weighted by Gasteiger charge is 2.17. The smallest absolute Gasteiger partial charge is 0.220 e. The van der Waals surface area contributed by atoms with E-state index in [4.69, 9.17) is 23.2 Å². The first-order valence-corrected chi connectivity index (χ1v) is 8.87. The Morgan fingerprint density at radius 2 is 1.76 bits per heavy atom. The molecule has 0 saturated carbocycles. The molecule has 25 heavy (non-hydrogen) atoms. The highest BCUT2D eigenvalue weighted by molar-refractivity contribution is 6.42. The van der Waals surface area contributed by atoms with Crippen molar-refractivity contribution in [2.45, 2.75) is 39.2 Å². The van der Waals surface area contributed by atoms with Crippen LogP contribution in [0, 0.1) is 13.8 Å². The molecule has 5 heteroatoms. The van der Waals surface area contributed by atoms with Crippen molar-refractivity contribution in [2.24, 2.45) is 0 Å². The van der Waals surface area contributed by atoms with E-state index in [9.17, 15) is 9.59 Å². The van der Waals surface area contributed by atoms with Gasteiger partial charge in [-0.1, -0.05) is 58.6 Å². The normalized spacial score (nSPS) is 11.8. The molecule has 0 saturated heterocycles. The molecule has 2 rings (SSSR count). The third-order valence-electron chi connectivity index (χ3n) is 4.00. The lowest BCUT2D eigenvalue weighted by atomic mass is 9.92. The number of carbonyl (C=O) groups is 2. The van der Waals surface area contributed by atoms with Crippen molar-refractivity contribution in [1.29, 1.82) is 0 Å². The summed E-state index contributed by atoms with van der Waals surface area (Å²) in [5, 5.41) is 3.80. The highest BCUT2D eigenvalue weighted by atomic mass is 35.5. The van der Waals surface area contributed by atoms with Crippen LogP contribution in [-0.4, -0.2) is 12.2 Å². The summed E-state index contributed by atoms with van der Waals surface area (Å²) < 4.78 is 0. The number of rotatable bonds is 7. The van der Waals surface area contributed by atoms with Gasteiger partial charge in [-0.3, -0.25) is 4.79 Å². The molecule has 0 fully saturated rings. The third kappa shape index (κ3) is 5.87. The minimum absolute atomic E-state index is 0.0999. The summed E-state index contributed by atoms with van der Waals surface area (Å²) in [6, 6.07) is 11.4. The van der Waals surface area contributed by atoms with Gasteiger partial charge >= 0.3 is 0 Å². The number of halogens is 2. The maximum atomic E-state index is 12.3. The first kappa shape index (κ1) is 19.5. The van der Waals surface area contributed by atoms with E-state index in [1.54, 1.807) is 18.2 Å². The van der Waals surface area contributed by atoms with Crippen molar-refractivity contribution in [1.82, 2.24) is 5.32 Å². The maximum absolute atomic E-state index is 12.3. The number of benzene rings is 2. The van der Waals surface area contributed by atoms with Gasteiger partial charge in [0.15, 0.2) is 0 Å². The van der Waals surface area contributed by atoms with Gasteiger partial charge in [-0.2, -0.15) is 0 Å². The SMILES string of the molecule is Cc1cc(C)cc(CNC(=O)CC(CC=O)c2ccc(Cl)c(Cl)c2)c1. The molecule has 1 N–H and O–H groups in total. The Kier molecular flexibility index (Phi) is 7.03. The van der Waals surface area contributed by atoms with Gasteiger partial charge in [0, 0.05) is 19.4 Å². The second-order valence-corrected chi connectivity index (χ2v) is 7.06. The Labute approximate surface area is 158 Å². The molecular formula is C20H21Cl2NO2. The molecule has 1 unspecified atom stereocenters. The molecule has 0 radical (unpaired) electrons. The quantitative estimate of drug-likeness (QED) is 0.690. The molecule has 0 spiro atoms. The summed E-state index contributed by atoms with van der Waals surface area (Å²) in [6.07, 6.45) is 1.31. The van der Waals surface area contributed by atoms with Gasteiger partial charge in [0.05, 0.1) is 10.0 Å². The van der Waals surface area contributed by atoms with Gasteiger partial charge in [0.2, 0.25) is 5.91 Å². The number of aryl methyl sites for hydroxylation is 2. The summed E-state index contributed by atoms with van der Waals surface area (Å²) in [5.74, 6) is -0.316. The number of aldehydes is 1. The Balaban J connectivity index is 2.02. The second kappa shape index (κ2) is 9.02. The van der Waals surface area contributed by atoms with Crippen LogP contribution in [0.3, 0.4) is 0 Å². The van der Waals surface area contributed by atoms with Crippen molar-refractivity contribution in [3.8, 4) is 0 Å². The Morgan fingerprint density at radius 1 is 1.08 bits per heavy atom. The molecule has 0 aromatic heterocycles. The molecule has 3 nitrogen and oxygen atoms in total. The topological polar surface area (TPSA) is 46.2 Å². The zero-order chi connectivity index (χ0) is 18.4. The maximum Gasteiger partial charge on any atom is 0.220 e. The van der Waals surface area contributed by atoms with Crippen molar-refractivity contribution in [3.63, 3.8) is 0 Å². The number of carbonyl (C=O) groups excluding carboxylic acids is 2. The van der Waals surface area contributed by atoms with Crippen LogP contribution in [0.25, 0.3) is 0 Å². The van der Waals surface area contributed by atoms with E-state index >= 15 is 0 Å². The second-order valence-electron chi connectivity index (χ2n) is 6.25. The monoisotopic (exact) mass is 377 g/mol. The molecule has 2 aromatic rings. The van der Waals surface area contributed by atoms with E-state index in [2.05, 4.69) is 23.5 Å². The Hall–Kier alpha value is -1.84. The van der Waals surface area contributed by atoms with Crippen LogP contribution in [0.1, 0.15) is 41.0 Å². The number of hydrogen-bond donors (Lipinski definition) is 1. The molecule has 0 bridgehead atoms. The van der Waals surface area contributed by atoms with E-state index in [1.807, 2.05) is 13.8 Å². The van der Waals surface area contributed by atoms with E-state index in [0.717, 1.165) is 17.4 Å². The molecule has 0 aliphatic heterocycles. The average molecular weight is 378 g/mol. The van der Waals surface area contributed by atoms with E-state index in [1.165, 1.54) is 11.1 Å². The summed E-state index contributed by atoms with van der Waals surface area (Å²) in [6.45, 7) is 4.53. The number of amides is 1. The predicted octanol–water partition coefficient (Wildman–Crippen LogP) is 4.99. The number of hydrogen-bond acceptors (Lipinski definition) is 2. The molecular weight excluding hydrogens is 357 g/mol. The van der Waals surface area contributed by atoms with E-state index < -0.39 is 0 Å². The summed E-state index contributed by atoms with van der Waals surface area (Å²) in [7, 11) is 0. The van der Waals surface area contributed by atoms with Crippen LogP contribution in [0.2, 0.25) is 10.0 Å². The lowest BCUT2D eigenvalue weighted by Gasteiger charge is -2.15. The van der Waals surface area contributed by atoms with Gasteiger partial charge in [-0.05, 0) is 43.0 Å². The average Bonchev–Trinajstić information content (AvgIpc) is 2.54. The predicted molar refractivity (Wildman–Crippen MR) is 102 cm³/mol. The van der Waals surface area contributed by atoms with Gasteiger partial charge in [0.1, 0.15) is 6.29 Å². The van der Waals surface area contributed by atoms with Crippen molar-refractivity contribution >= 4 is 35.4 Å². The van der Waals surface area contributed by atoms with Crippen LogP contribution in [0.5, 0.6) is 0 Å². The minimum atomic E-state index is -0.216. The fourth-order valence-corrected chi connectivity index (χ4v) is 3.19. The molecule has 0 aliphatic rings. The molecule has 0 heterocycles. The van der Waals surface area contributed by atoms with Crippen molar-refractivity contribution < 1.29 is 9.59 Å². The van der Waals surface area contributed by atoms with Crippen LogP contribution in [-0.2, 0) is 16.1 Å². The molecule has 1 amide bonds. The van der Waals surface area contributed by atoms with Crippen molar-refractivity contribution in [3.05, 3.63) is 68.7 Å². The lowest BCUT2D eigenvalue weighted by Crippen LogP contribution is -2.25. The van der Waals surface area contributed by atoms with E-state index in [-0.39, 0.29) is 24.7 Å². The van der Waals surface area contributed by atoms with Crippen LogP contribution in [0.4, 0.5) is 0 Å². The van der Waals surface area contributed by atoms with Gasteiger partial charge in [0.25, 0.3) is 0 Å². The van der Waals surface area contributed by atoms with Gasteiger partial charge < -0.3 is 10.1 Å². The first-order valence-electron chi connectivity index (χ1n) is 8.11. The van der Waals surface area contributed by atoms with Crippen molar-refractivity contribution in [2.75, 3.05) is 0 Å². The summed E-state index contributed by atoms with van der Waals surface area (Å²) in [5.41, 5.74) is 4.23. The lowest BCUT2D eigenvalue weighted by molar-refractivity contribution is -0.121. The van der Waals surface area contributed by atoms with Gasteiger partial charge in [-0.25, -0.2) is 0 Å². The molecule has 0 aliphatic carbocycles. The van der Waals surface area contributed by atoms with Crippen LogP contribution < -0.4 is 5.32 Å². The Bertz CT molecular complexity index is 754. The zero-order valence-electron chi connectivity index (χ0n) is 14.3. The van der Waals surface area contributed by atoms with Gasteiger partial charge in [-0.15, -0.1) is 0 Å². The Morgan fingerprint density at radius 3 is 2.36 bits per heavy atom. The molecule has 1 atom stereocenters. The third-order valence-corrected chi connectivity index (χ3v) is 4.74. The fraction of sp³-hybridized carbons (Fsp3) is 0.300. The highest BCUT2D eigenvalue weighted by Crippen LogP contribution is 2.29. The summed E-state index contributed by atoms with van der Waals surface area (Å²) in [4.78, 5) is 23.3.